The average Bonchev–Trinajstić information content (AvgIpc) is 3.48. The number of ether oxygens (including phenoxy) is 2. The van der Waals surface area contributed by atoms with Crippen LogP contribution in [0.25, 0.3) is 0 Å². The number of rotatable bonds is 11. The van der Waals surface area contributed by atoms with Gasteiger partial charge >= 0.3 is 5.97 Å². The zero-order chi connectivity index (χ0) is 35.1. The van der Waals surface area contributed by atoms with Gasteiger partial charge in [0.15, 0.2) is 20.1 Å². The minimum absolute atomic E-state index is 0.0406. The summed E-state index contributed by atoms with van der Waals surface area (Å²) in [6.45, 7) is 7.39. The number of aliphatic hydroxyl groups excluding tert-OH is 1. The highest BCUT2D eigenvalue weighted by molar-refractivity contribution is 6.71. The zero-order valence-corrected chi connectivity index (χ0v) is 29.2. The van der Waals surface area contributed by atoms with E-state index in [2.05, 4.69) is 0 Å². The summed E-state index contributed by atoms with van der Waals surface area (Å²) in [6.07, 6.45) is -1.26. The second-order valence-electron chi connectivity index (χ2n) is 13.7. The highest BCUT2D eigenvalue weighted by atomic mass is 28.4. The number of carbonyl (C=O) groups is 4. The molecule has 258 valence electrons. The fraction of sp³-hybridized carbons (Fsp3) is 0.405. The van der Waals surface area contributed by atoms with Crippen molar-refractivity contribution in [1.29, 1.82) is 0 Å². The Kier molecular flexibility index (Phi) is 9.51. The van der Waals surface area contributed by atoms with Crippen molar-refractivity contribution in [3.63, 3.8) is 0 Å². The van der Waals surface area contributed by atoms with Gasteiger partial charge in [0.1, 0.15) is 0 Å². The number of carbonyl (C=O) groups excluding carboxylic acids is 4. The van der Waals surface area contributed by atoms with Gasteiger partial charge in [0.05, 0.1) is 37.8 Å². The summed E-state index contributed by atoms with van der Waals surface area (Å²) in [5.74, 6) is -1.52. The van der Waals surface area contributed by atoms with E-state index < -0.39 is 43.7 Å². The van der Waals surface area contributed by atoms with Crippen molar-refractivity contribution in [3.05, 3.63) is 95.6 Å². The number of benzene rings is 3. The first-order valence-electron chi connectivity index (χ1n) is 16.7. The molecule has 2 fully saturated rings. The number of hydrogen-bond acceptors (Lipinski definition) is 8. The van der Waals surface area contributed by atoms with E-state index in [-0.39, 0.29) is 50.3 Å². The third-order valence-electron chi connectivity index (χ3n) is 9.97. The number of para-hydroxylation sites is 1. The van der Waals surface area contributed by atoms with E-state index in [1.54, 1.807) is 21.9 Å². The number of amides is 3. The topological polar surface area (TPSA) is 137 Å². The number of fused-ring (bicyclic) bond motifs is 2. The molecule has 2 saturated heterocycles. The van der Waals surface area contributed by atoms with Crippen LogP contribution in [0.1, 0.15) is 43.4 Å². The van der Waals surface area contributed by atoms with Crippen LogP contribution in [0.5, 0.6) is 0 Å². The zero-order valence-electron chi connectivity index (χ0n) is 28.2. The van der Waals surface area contributed by atoms with E-state index in [1.165, 1.54) is 11.8 Å². The van der Waals surface area contributed by atoms with Crippen molar-refractivity contribution < 1.29 is 38.6 Å². The molecule has 1 unspecified atom stereocenters. The lowest BCUT2D eigenvalue weighted by Gasteiger charge is -2.39. The lowest BCUT2D eigenvalue weighted by molar-refractivity contribution is -0.154. The highest BCUT2D eigenvalue weighted by Gasteiger charge is 2.66. The van der Waals surface area contributed by atoms with E-state index in [9.17, 15) is 29.1 Å². The molecule has 2 N–H and O–H groups in total. The van der Waals surface area contributed by atoms with Crippen LogP contribution in [0.15, 0.2) is 78.9 Å². The second-order valence-corrected chi connectivity index (χ2v) is 17.7. The summed E-state index contributed by atoms with van der Waals surface area (Å²) in [5.41, 5.74) is 1.91. The third kappa shape index (κ3) is 6.41. The molecular weight excluding hydrogens is 643 g/mol. The first-order valence-corrected chi connectivity index (χ1v) is 19.7. The van der Waals surface area contributed by atoms with Gasteiger partial charge in [-0.25, -0.2) is 0 Å². The van der Waals surface area contributed by atoms with Gasteiger partial charge in [-0.3, -0.25) is 24.1 Å². The van der Waals surface area contributed by atoms with Gasteiger partial charge in [-0.15, -0.1) is 0 Å². The van der Waals surface area contributed by atoms with E-state index in [0.717, 1.165) is 11.1 Å². The Hall–Kier alpha value is -4.36. The van der Waals surface area contributed by atoms with Crippen molar-refractivity contribution >= 4 is 43.4 Å². The molecule has 3 aliphatic rings. The fourth-order valence-corrected chi connectivity index (χ4v) is 10.4. The maximum atomic E-state index is 14.7. The molecule has 6 rings (SSSR count). The van der Waals surface area contributed by atoms with E-state index in [4.69, 9.17) is 9.47 Å². The molecule has 0 aliphatic carbocycles. The van der Waals surface area contributed by atoms with Gasteiger partial charge in [-0.05, 0) is 42.4 Å². The minimum Gasteiger partial charge on any atom is -0.441 e. The normalized spacial score (nSPS) is 24.6. The van der Waals surface area contributed by atoms with Crippen LogP contribution in [0.2, 0.25) is 18.6 Å². The number of β-lactam (4-membered cyclic amide) rings is 1. The number of hydrogen-bond donors (Lipinski definition) is 2. The summed E-state index contributed by atoms with van der Waals surface area (Å²) in [6, 6.07) is 24.3. The van der Waals surface area contributed by atoms with E-state index in [1.807, 2.05) is 86.7 Å². The predicted molar refractivity (Wildman–Crippen MR) is 184 cm³/mol. The van der Waals surface area contributed by atoms with Crippen LogP contribution in [0.4, 0.5) is 11.4 Å². The molecule has 3 heterocycles. The summed E-state index contributed by atoms with van der Waals surface area (Å²) < 4.78 is 12.1. The molecule has 0 aromatic heterocycles. The number of anilines is 2. The number of aliphatic hydroxyl groups is 1. The summed E-state index contributed by atoms with van der Waals surface area (Å²) in [5, 5.41) is 9.78. The van der Waals surface area contributed by atoms with Crippen molar-refractivity contribution in [3.8, 4) is 0 Å². The van der Waals surface area contributed by atoms with Crippen LogP contribution < -0.4 is 9.80 Å². The molecule has 12 heteroatoms. The fourth-order valence-electron chi connectivity index (χ4n) is 7.83. The van der Waals surface area contributed by atoms with Crippen LogP contribution >= 0.6 is 0 Å². The smallest absolute Gasteiger partial charge is 0.304 e. The summed E-state index contributed by atoms with van der Waals surface area (Å²) in [4.78, 5) is 68.6. The minimum atomic E-state index is -3.00. The van der Waals surface area contributed by atoms with Crippen molar-refractivity contribution in [2.45, 2.75) is 76.3 Å². The van der Waals surface area contributed by atoms with Gasteiger partial charge in [0.25, 0.3) is 5.91 Å². The first-order chi connectivity index (χ1) is 23.3. The molecule has 5 atom stereocenters. The Morgan fingerprint density at radius 1 is 1.00 bits per heavy atom. The van der Waals surface area contributed by atoms with Crippen LogP contribution in [-0.4, -0.2) is 72.3 Å². The van der Waals surface area contributed by atoms with Crippen molar-refractivity contribution in [2.24, 2.45) is 5.92 Å². The molecule has 0 saturated carbocycles. The molecule has 1 spiro atoms. The maximum Gasteiger partial charge on any atom is 0.304 e. The van der Waals surface area contributed by atoms with E-state index in [0.29, 0.717) is 23.5 Å². The quantitative estimate of drug-likeness (QED) is 0.175. The molecule has 3 aromatic rings. The van der Waals surface area contributed by atoms with Crippen LogP contribution in [-0.2, 0) is 47.3 Å². The molecule has 0 bridgehead atoms. The monoisotopic (exact) mass is 685 g/mol. The first kappa shape index (κ1) is 34.5. The summed E-state index contributed by atoms with van der Waals surface area (Å²) in [7, 11) is -3.00. The second kappa shape index (κ2) is 13.5. The Bertz CT molecular complexity index is 1730. The molecule has 49 heavy (non-hydrogen) atoms. The third-order valence-corrected chi connectivity index (χ3v) is 12.5. The molecule has 0 radical (unpaired) electrons. The van der Waals surface area contributed by atoms with Gasteiger partial charge in [0, 0.05) is 42.7 Å². The molecule has 3 aromatic carbocycles. The van der Waals surface area contributed by atoms with E-state index >= 15 is 0 Å². The Morgan fingerprint density at radius 3 is 2.31 bits per heavy atom. The van der Waals surface area contributed by atoms with Gasteiger partial charge in [-0.2, -0.15) is 0 Å². The van der Waals surface area contributed by atoms with Crippen LogP contribution in [0, 0.1) is 5.92 Å². The number of nitrogens with zero attached hydrogens (tertiary/aromatic N) is 3. The number of esters is 1. The summed E-state index contributed by atoms with van der Waals surface area (Å²) >= 11 is 0. The lowest BCUT2D eigenvalue weighted by atomic mass is 9.82. The SMILES string of the molecule is CC(=O)OC1CC(=O)N1c1ccc(CN2C(=O)[C@]3(O[C@H](CC(=O)N(CCO)Cc4ccccc4)[C@@H]([Si](C)(C)O)[C@@H]3C)c3ccccc32)cc1. The van der Waals surface area contributed by atoms with Crippen LogP contribution in [0.3, 0.4) is 0 Å². The average molecular weight is 686 g/mol. The molecule has 11 nitrogen and oxygen atoms in total. The van der Waals surface area contributed by atoms with Gasteiger partial charge in [-0.1, -0.05) is 67.6 Å². The lowest BCUT2D eigenvalue weighted by Crippen LogP contribution is -2.54. The Labute approximate surface area is 287 Å². The Morgan fingerprint density at radius 2 is 1.67 bits per heavy atom. The Balaban J connectivity index is 1.26. The highest BCUT2D eigenvalue weighted by Crippen LogP contribution is 2.59. The molecule has 3 aliphatic heterocycles. The van der Waals surface area contributed by atoms with Gasteiger partial charge in [0.2, 0.25) is 11.8 Å². The van der Waals surface area contributed by atoms with Crippen molar-refractivity contribution in [2.75, 3.05) is 23.0 Å². The molecular formula is C37H43N3O8Si. The largest absolute Gasteiger partial charge is 0.441 e. The van der Waals surface area contributed by atoms with Crippen molar-refractivity contribution in [1.82, 2.24) is 4.90 Å². The van der Waals surface area contributed by atoms with Gasteiger partial charge < -0.3 is 29.2 Å². The standard InChI is InChI=1S/C37H43N3O8Si/c1-24-35(49(3,4)46)31(20-32(43)38(18-19-41)22-26-10-6-5-7-11-26)48-37(24)29-12-8-9-13-30(29)39(36(37)45)23-27-14-16-28(17-15-27)40-33(44)21-34(40)47-25(2)42/h5-17,24,31,34-35,41,46H,18-23H2,1-4H3/t24-,31+,34?,35-,37+/m0/s1. The maximum absolute atomic E-state index is 14.7. The molecule has 3 amide bonds. The predicted octanol–water partition coefficient (Wildman–Crippen LogP) is 4.07.